The van der Waals surface area contributed by atoms with Crippen molar-refractivity contribution in [3.63, 3.8) is 0 Å². The molecule has 2 unspecified atom stereocenters. The van der Waals surface area contributed by atoms with Crippen LogP contribution < -0.4 is 10.2 Å². The topological polar surface area (TPSA) is 74.7 Å². The summed E-state index contributed by atoms with van der Waals surface area (Å²) in [7, 11) is 1.38. The van der Waals surface area contributed by atoms with E-state index in [1.54, 1.807) is 12.3 Å². The van der Waals surface area contributed by atoms with Crippen molar-refractivity contribution in [3.05, 3.63) is 23.4 Å². The molecule has 0 radical (unpaired) electrons. The van der Waals surface area contributed by atoms with Crippen LogP contribution >= 0.6 is 0 Å². The highest BCUT2D eigenvalue weighted by molar-refractivity contribution is 5.95. The van der Waals surface area contributed by atoms with Crippen molar-refractivity contribution in [2.45, 2.75) is 57.6 Å². The van der Waals surface area contributed by atoms with Gasteiger partial charge in [-0.2, -0.15) is 0 Å². The number of esters is 1. The molecule has 0 aromatic carbocycles. The molecule has 2 heterocycles. The average molecular weight is 361 g/mol. The number of rotatable bonds is 5. The molecule has 26 heavy (non-hydrogen) atoms. The van der Waals surface area contributed by atoms with Crippen LogP contribution in [0.1, 0.15) is 54.4 Å². The number of pyridine rings is 1. The fourth-order valence-electron chi connectivity index (χ4n) is 4.11. The number of aromatic nitrogens is 1. The minimum atomic E-state index is -0.423. The van der Waals surface area contributed by atoms with Crippen LogP contribution in [0.15, 0.2) is 12.3 Å². The number of hydrogen-bond acceptors (Lipinski definition) is 6. The second kappa shape index (κ2) is 8.82. The zero-order valence-electron chi connectivity index (χ0n) is 15.9. The molecule has 1 aliphatic carbocycles. The molecule has 0 amide bonds. The molecule has 1 aliphatic heterocycles. The number of carbonyl (C=O) groups excluding carboxylic acids is 1. The number of nitrogens with one attached hydrogen (secondary N) is 1. The van der Waals surface area contributed by atoms with Gasteiger partial charge < -0.3 is 20.1 Å². The van der Waals surface area contributed by atoms with E-state index in [-0.39, 0.29) is 11.9 Å². The smallest absolute Gasteiger partial charge is 0.341 e. The lowest BCUT2D eigenvalue weighted by Gasteiger charge is -2.38. The first-order valence-corrected chi connectivity index (χ1v) is 9.80. The van der Waals surface area contributed by atoms with Crippen molar-refractivity contribution >= 4 is 11.8 Å². The molecule has 144 valence electrons. The van der Waals surface area contributed by atoms with E-state index in [0.29, 0.717) is 24.0 Å². The Kier molecular flexibility index (Phi) is 6.48. The monoisotopic (exact) mass is 361 g/mol. The highest BCUT2D eigenvalue weighted by atomic mass is 16.5. The molecule has 1 saturated carbocycles. The summed E-state index contributed by atoms with van der Waals surface area (Å²) in [5.41, 5.74) is 1.39. The predicted octanol–water partition coefficient (Wildman–Crippen LogP) is 2.29. The fraction of sp³-hybridized carbons (Fsp3) is 0.700. The zero-order valence-corrected chi connectivity index (χ0v) is 15.9. The Bertz CT molecular complexity index is 616. The number of ether oxygens (including phenoxy) is 1. The first-order chi connectivity index (χ1) is 12.6. The van der Waals surface area contributed by atoms with E-state index in [0.717, 1.165) is 25.1 Å². The summed E-state index contributed by atoms with van der Waals surface area (Å²) in [5.74, 6) is 0.479. The number of anilines is 1. The van der Waals surface area contributed by atoms with Crippen molar-refractivity contribution in [3.8, 4) is 0 Å². The van der Waals surface area contributed by atoms with Crippen LogP contribution in [0.2, 0.25) is 0 Å². The first kappa shape index (κ1) is 19.1. The number of nitrogens with zero attached hydrogens (tertiary/aromatic N) is 2. The zero-order chi connectivity index (χ0) is 18.5. The van der Waals surface area contributed by atoms with Crippen molar-refractivity contribution in [2.75, 3.05) is 31.6 Å². The normalized spacial score (nSPS) is 24.5. The van der Waals surface area contributed by atoms with E-state index in [4.69, 9.17) is 4.74 Å². The van der Waals surface area contributed by atoms with Crippen LogP contribution in [0, 0.1) is 12.8 Å². The maximum atomic E-state index is 12.1. The SMILES string of the molecule is COC(=O)c1cc(C)cnc1N1CCC(CNC2CCCCC2)C(O)C1. The number of β-amino-alcohol motifs (C(OH)–C–C–N with tert-alkyl or cyclic N) is 1. The van der Waals surface area contributed by atoms with Crippen molar-refractivity contribution in [1.29, 1.82) is 0 Å². The van der Waals surface area contributed by atoms with Crippen molar-refractivity contribution in [1.82, 2.24) is 10.3 Å². The highest BCUT2D eigenvalue weighted by Crippen LogP contribution is 2.26. The van der Waals surface area contributed by atoms with Crippen LogP contribution in [0.4, 0.5) is 5.82 Å². The summed E-state index contributed by atoms with van der Waals surface area (Å²) in [6.07, 6.45) is 8.71. The summed E-state index contributed by atoms with van der Waals surface area (Å²) in [6, 6.07) is 2.41. The minimum Gasteiger partial charge on any atom is -0.465 e. The van der Waals surface area contributed by atoms with Crippen LogP contribution in [-0.4, -0.2) is 54.9 Å². The highest BCUT2D eigenvalue weighted by Gasteiger charge is 2.31. The molecule has 1 saturated heterocycles. The Labute approximate surface area is 155 Å². The Hall–Kier alpha value is -1.66. The summed E-state index contributed by atoms with van der Waals surface area (Å²) in [5, 5.41) is 14.3. The van der Waals surface area contributed by atoms with Gasteiger partial charge in [0, 0.05) is 37.8 Å². The van der Waals surface area contributed by atoms with Gasteiger partial charge in [0.15, 0.2) is 0 Å². The molecule has 0 spiro atoms. The maximum Gasteiger partial charge on any atom is 0.341 e. The minimum absolute atomic E-state index is 0.250. The van der Waals surface area contributed by atoms with Crippen LogP contribution in [0.25, 0.3) is 0 Å². The van der Waals surface area contributed by atoms with Crippen LogP contribution in [0.5, 0.6) is 0 Å². The van der Waals surface area contributed by atoms with E-state index < -0.39 is 6.10 Å². The van der Waals surface area contributed by atoms with Crippen LogP contribution in [-0.2, 0) is 4.74 Å². The summed E-state index contributed by atoms with van der Waals surface area (Å²) in [6.45, 7) is 4.05. The van der Waals surface area contributed by atoms with Gasteiger partial charge in [0.1, 0.15) is 11.4 Å². The molecule has 2 fully saturated rings. The molecule has 2 atom stereocenters. The van der Waals surface area contributed by atoms with Gasteiger partial charge in [-0.3, -0.25) is 0 Å². The first-order valence-electron chi connectivity index (χ1n) is 9.80. The molecule has 6 nitrogen and oxygen atoms in total. The van der Waals surface area contributed by atoms with Gasteiger partial charge >= 0.3 is 5.97 Å². The van der Waals surface area contributed by atoms with Crippen LogP contribution in [0.3, 0.4) is 0 Å². The van der Waals surface area contributed by atoms with Gasteiger partial charge in [-0.25, -0.2) is 9.78 Å². The van der Waals surface area contributed by atoms with Gasteiger partial charge in [0.25, 0.3) is 0 Å². The molecule has 0 bridgehead atoms. The Balaban J connectivity index is 1.60. The molecule has 2 N–H and O–H groups in total. The lowest BCUT2D eigenvalue weighted by atomic mass is 9.91. The fourth-order valence-corrected chi connectivity index (χ4v) is 4.11. The number of methoxy groups -OCH3 is 1. The van der Waals surface area contributed by atoms with Gasteiger partial charge in [0.05, 0.1) is 13.2 Å². The Morgan fingerprint density at radius 3 is 2.81 bits per heavy atom. The van der Waals surface area contributed by atoms with E-state index in [2.05, 4.69) is 10.3 Å². The standard InChI is InChI=1S/C20H31N3O3/c1-14-10-17(20(25)26-2)19(22-11-14)23-9-8-15(18(24)13-23)12-21-16-6-4-3-5-7-16/h10-11,15-16,18,21,24H,3-9,12-13H2,1-2H3. The number of aryl methyl sites for hydroxylation is 1. The lowest BCUT2D eigenvalue weighted by Crippen LogP contribution is -2.49. The summed E-state index contributed by atoms with van der Waals surface area (Å²) < 4.78 is 4.90. The molecule has 2 aliphatic rings. The lowest BCUT2D eigenvalue weighted by molar-refractivity contribution is 0.0598. The molecule has 6 heteroatoms. The second-order valence-electron chi connectivity index (χ2n) is 7.68. The van der Waals surface area contributed by atoms with Gasteiger partial charge in [-0.15, -0.1) is 0 Å². The third kappa shape index (κ3) is 4.54. The van der Waals surface area contributed by atoms with Gasteiger partial charge in [-0.1, -0.05) is 19.3 Å². The number of piperidine rings is 1. The second-order valence-corrected chi connectivity index (χ2v) is 7.68. The summed E-state index contributed by atoms with van der Waals surface area (Å²) >= 11 is 0. The third-order valence-corrected chi connectivity index (χ3v) is 5.70. The Morgan fingerprint density at radius 2 is 2.12 bits per heavy atom. The van der Waals surface area contributed by atoms with Gasteiger partial charge in [0.2, 0.25) is 0 Å². The molecular formula is C20H31N3O3. The quantitative estimate of drug-likeness (QED) is 0.784. The van der Waals surface area contributed by atoms with E-state index in [9.17, 15) is 9.90 Å². The molecule has 1 aromatic rings. The molecule has 3 rings (SSSR count). The van der Waals surface area contributed by atoms with Gasteiger partial charge in [-0.05, 0) is 37.8 Å². The number of carbonyl (C=O) groups is 1. The number of aliphatic hydroxyl groups is 1. The third-order valence-electron chi connectivity index (χ3n) is 5.70. The predicted molar refractivity (Wildman–Crippen MR) is 102 cm³/mol. The van der Waals surface area contributed by atoms with E-state index in [1.165, 1.54) is 39.2 Å². The largest absolute Gasteiger partial charge is 0.465 e. The Morgan fingerprint density at radius 1 is 1.35 bits per heavy atom. The average Bonchev–Trinajstić information content (AvgIpc) is 2.67. The molecular weight excluding hydrogens is 330 g/mol. The van der Waals surface area contributed by atoms with Crippen molar-refractivity contribution in [2.24, 2.45) is 5.92 Å². The number of aliphatic hydroxyl groups excluding tert-OH is 1. The van der Waals surface area contributed by atoms with E-state index in [1.807, 2.05) is 11.8 Å². The van der Waals surface area contributed by atoms with E-state index >= 15 is 0 Å². The summed E-state index contributed by atoms with van der Waals surface area (Å²) in [4.78, 5) is 18.5. The maximum absolute atomic E-state index is 12.1. The van der Waals surface area contributed by atoms with Crippen molar-refractivity contribution < 1.29 is 14.6 Å². The molecule has 1 aromatic heterocycles. The number of hydrogen-bond donors (Lipinski definition) is 2.